The SMILES string of the molecule is CO[C@@]1(CO[Si](C)(C)C(C)(C)C)CCCN1C(=O)OCc1ccccc1. The maximum Gasteiger partial charge on any atom is 0.412 e. The molecule has 26 heavy (non-hydrogen) atoms. The van der Waals surface area contributed by atoms with Gasteiger partial charge in [-0.15, -0.1) is 0 Å². The van der Waals surface area contributed by atoms with Crippen molar-refractivity contribution in [2.75, 3.05) is 20.3 Å². The molecule has 1 aliphatic rings. The van der Waals surface area contributed by atoms with Gasteiger partial charge in [0.15, 0.2) is 14.0 Å². The van der Waals surface area contributed by atoms with Crippen LogP contribution in [0.2, 0.25) is 18.1 Å². The molecule has 1 aromatic carbocycles. The van der Waals surface area contributed by atoms with E-state index in [1.54, 1.807) is 12.0 Å². The smallest absolute Gasteiger partial charge is 0.412 e. The highest BCUT2D eigenvalue weighted by atomic mass is 28.4. The van der Waals surface area contributed by atoms with Gasteiger partial charge in [0.05, 0.1) is 6.61 Å². The zero-order valence-electron chi connectivity index (χ0n) is 17.0. The molecule has 1 heterocycles. The molecule has 0 bridgehead atoms. The zero-order chi connectivity index (χ0) is 19.4. The topological polar surface area (TPSA) is 48.0 Å². The van der Waals surface area contributed by atoms with E-state index in [1.807, 2.05) is 30.3 Å². The van der Waals surface area contributed by atoms with Crippen LogP contribution in [-0.2, 0) is 20.5 Å². The van der Waals surface area contributed by atoms with Crippen molar-refractivity contribution in [2.24, 2.45) is 0 Å². The van der Waals surface area contributed by atoms with Crippen LogP contribution < -0.4 is 0 Å². The van der Waals surface area contributed by atoms with Gasteiger partial charge in [0.25, 0.3) is 0 Å². The quantitative estimate of drug-likeness (QED) is 0.667. The molecule has 2 rings (SSSR count). The molecule has 0 aromatic heterocycles. The monoisotopic (exact) mass is 379 g/mol. The highest BCUT2D eigenvalue weighted by Crippen LogP contribution is 2.39. The van der Waals surface area contributed by atoms with Crippen molar-refractivity contribution in [2.45, 2.75) is 64.1 Å². The van der Waals surface area contributed by atoms with E-state index in [-0.39, 0.29) is 17.7 Å². The molecule has 6 heteroatoms. The minimum absolute atomic E-state index is 0.110. The summed E-state index contributed by atoms with van der Waals surface area (Å²) in [6.45, 7) is 12.3. The maximum atomic E-state index is 12.7. The molecule has 1 aromatic rings. The first-order valence-electron chi connectivity index (χ1n) is 9.29. The lowest BCUT2D eigenvalue weighted by Gasteiger charge is -2.42. The summed E-state index contributed by atoms with van der Waals surface area (Å²) < 4.78 is 17.7. The number of ether oxygens (including phenoxy) is 2. The van der Waals surface area contributed by atoms with Gasteiger partial charge >= 0.3 is 6.09 Å². The summed E-state index contributed by atoms with van der Waals surface area (Å²) in [5, 5.41) is 0.110. The van der Waals surface area contributed by atoms with E-state index in [4.69, 9.17) is 13.9 Å². The van der Waals surface area contributed by atoms with E-state index >= 15 is 0 Å². The molecule has 1 amide bonds. The van der Waals surface area contributed by atoms with E-state index < -0.39 is 14.0 Å². The average Bonchev–Trinajstić information content (AvgIpc) is 3.02. The molecule has 0 aliphatic carbocycles. The number of amides is 1. The zero-order valence-corrected chi connectivity index (χ0v) is 18.0. The number of rotatable bonds is 6. The van der Waals surface area contributed by atoms with Gasteiger partial charge in [0.1, 0.15) is 6.61 Å². The van der Waals surface area contributed by atoms with Crippen molar-refractivity contribution in [3.63, 3.8) is 0 Å². The second kappa shape index (κ2) is 8.11. The second-order valence-corrected chi connectivity index (χ2v) is 13.3. The van der Waals surface area contributed by atoms with Gasteiger partial charge in [-0.05, 0) is 36.5 Å². The van der Waals surface area contributed by atoms with Crippen molar-refractivity contribution in [3.05, 3.63) is 35.9 Å². The number of hydrogen-bond donors (Lipinski definition) is 0. The highest BCUT2D eigenvalue weighted by Gasteiger charge is 2.48. The molecule has 0 saturated carbocycles. The lowest BCUT2D eigenvalue weighted by molar-refractivity contribution is -0.127. The standard InChI is InChI=1S/C20H33NO4Si/c1-19(2,3)26(5,6)25-16-20(23-4)13-10-14-21(20)18(22)24-15-17-11-8-7-9-12-17/h7-9,11-12H,10,13-16H2,1-6H3/t20-/m1/s1. The lowest BCUT2D eigenvalue weighted by atomic mass is 10.2. The number of likely N-dealkylation sites (tertiary alicyclic amines) is 1. The van der Waals surface area contributed by atoms with Gasteiger partial charge < -0.3 is 13.9 Å². The number of benzene rings is 1. The van der Waals surface area contributed by atoms with Gasteiger partial charge in [-0.2, -0.15) is 0 Å². The fourth-order valence-electron chi connectivity index (χ4n) is 2.84. The number of nitrogens with zero attached hydrogens (tertiary/aromatic N) is 1. The predicted octanol–water partition coefficient (Wildman–Crippen LogP) is 4.78. The fraction of sp³-hybridized carbons (Fsp3) is 0.650. The molecule has 0 unspecified atom stereocenters. The van der Waals surface area contributed by atoms with Gasteiger partial charge in [0, 0.05) is 13.7 Å². The summed E-state index contributed by atoms with van der Waals surface area (Å²) in [5.74, 6) is 0. The van der Waals surface area contributed by atoms with Crippen molar-refractivity contribution in [1.82, 2.24) is 4.90 Å². The molecule has 1 aliphatic heterocycles. The fourth-order valence-corrected chi connectivity index (χ4v) is 3.86. The lowest BCUT2D eigenvalue weighted by Crippen LogP contribution is -2.55. The largest absolute Gasteiger partial charge is 0.444 e. The van der Waals surface area contributed by atoms with E-state index in [0.29, 0.717) is 13.2 Å². The summed E-state index contributed by atoms with van der Waals surface area (Å²) in [7, 11) is -0.279. The number of methoxy groups -OCH3 is 1. The van der Waals surface area contributed by atoms with Gasteiger partial charge in [-0.25, -0.2) is 4.79 Å². The Morgan fingerprint density at radius 3 is 2.46 bits per heavy atom. The third-order valence-electron chi connectivity index (χ3n) is 5.71. The minimum atomic E-state index is -1.93. The molecule has 0 radical (unpaired) electrons. The second-order valence-electron chi connectivity index (χ2n) is 8.49. The van der Waals surface area contributed by atoms with Crippen LogP contribution in [0.5, 0.6) is 0 Å². The van der Waals surface area contributed by atoms with E-state index in [2.05, 4.69) is 33.9 Å². The maximum absolute atomic E-state index is 12.7. The molecular weight excluding hydrogens is 346 g/mol. The molecule has 5 nitrogen and oxygen atoms in total. The Morgan fingerprint density at radius 2 is 1.88 bits per heavy atom. The van der Waals surface area contributed by atoms with Crippen LogP contribution >= 0.6 is 0 Å². The van der Waals surface area contributed by atoms with Crippen LogP contribution in [0, 0.1) is 0 Å². The first kappa shape index (κ1) is 20.9. The van der Waals surface area contributed by atoms with Crippen molar-refractivity contribution in [1.29, 1.82) is 0 Å². The van der Waals surface area contributed by atoms with E-state index in [1.165, 1.54) is 0 Å². The summed E-state index contributed by atoms with van der Waals surface area (Å²) in [4.78, 5) is 14.4. The summed E-state index contributed by atoms with van der Waals surface area (Å²) >= 11 is 0. The molecule has 146 valence electrons. The molecule has 1 saturated heterocycles. The van der Waals surface area contributed by atoms with Crippen LogP contribution in [-0.4, -0.2) is 45.3 Å². The molecule has 1 fully saturated rings. The Bertz CT molecular complexity index is 600. The normalized spacial score (nSPS) is 21.1. The summed E-state index contributed by atoms with van der Waals surface area (Å²) in [6.07, 6.45) is 1.31. The van der Waals surface area contributed by atoms with Gasteiger partial charge in [-0.3, -0.25) is 4.90 Å². The van der Waals surface area contributed by atoms with Gasteiger partial charge in [0.2, 0.25) is 0 Å². The van der Waals surface area contributed by atoms with E-state index in [0.717, 1.165) is 18.4 Å². The minimum Gasteiger partial charge on any atom is -0.444 e. The van der Waals surface area contributed by atoms with E-state index in [9.17, 15) is 4.79 Å². The first-order chi connectivity index (χ1) is 12.1. The van der Waals surface area contributed by atoms with Crippen LogP contribution in [0.1, 0.15) is 39.2 Å². The van der Waals surface area contributed by atoms with Crippen LogP contribution in [0.4, 0.5) is 4.79 Å². The molecule has 0 N–H and O–H groups in total. The Balaban J connectivity index is 2.03. The summed E-state index contributed by atoms with van der Waals surface area (Å²) in [5.41, 5.74) is 0.240. The third kappa shape index (κ3) is 4.67. The summed E-state index contributed by atoms with van der Waals surface area (Å²) in [6, 6.07) is 9.71. The van der Waals surface area contributed by atoms with Gasteiger partial charge in [-0.1, -0.05) is 51.1 Å². The van der Waals surface area contributed by atoms with Crippen molar-refractivity contribution < 1.29 is 18.7 Å². The molecule has 0 spiro atoms. The van der Waals surface area contributed by atoms with Crippen molar-refractivity contribution >= 4 is 14.4 Å². The Labute approximate surface area is 158 Å². The van der Waals surface area contributed by atoms with Crippen LogP contribution in [0.3, 0.4) is 0 Å². The highest BCUT2D eigenvalue weighted by molar-refractivity contribution is 6.74. The first-order valence-corrected chi connectivity index (χ1v) is 12.2. The third-order valence-corrected chi connectivity index (χ3v) is 10.2. The average molecular weight is 380 g/mol. The predicted molar refractivity (Wildman–Crippen MR) is 105 cm³/mol. The Kier molecular flexibility index (Phi) is 6.53. The molecular formula is C20H33NO4Si. The van der Waals surface area contributed by atoms with Crippen LogP contribution in [0.25, 0.3) is 0 Å². The Morgan fingerprint density at radius 1 is 1.23 bits per heavy atom. The number of carbonyl (C=O) groups excluding carboxylic acids is 1. The Hall–Kier alpha value is -1.37. The van der Waals surface area contributed by atoms with Crippen LogP contribution in [0.15, 0.2) is 30.3 Å². The van der Waals surface area contributed by atoms with Crippen molar-refractivity contribution in [3.8, 4) is 0 Å². The number of hydrogen-bond acceptors (Lipinski definition) is 4. The number of carbonyl (C=O) groups is 1. The molecule has 1 atom stereocenters.